The molecule has 0 nitrogen and oxygen atoms in total. The van der Waals surface area contributed by atoms with E-state index in [1.165, 1.54) is 90.7 Å². The highest BCUT2D eigenvalue weighted by Crippen LogP contribution is 2.46. The van der Waals surface area contributed by atoms with Crippen LogP contribution in [-0.2, 0) is 0 Å². The zero-order chi connectivity index (χ0) is 27.1. The van der Waals surface area contributed by atoms with Gasteiger partial charge in [-0.15, -0.1) is 22.7 Å². The normalized spacial score (nSPS) is 15.1. The van der Waals surface area contributed by atoms with Crippen molar-refractivity contribution in [3.63, 3.8) is 0 Å². The fourth-order valence-corrected chi connectivity index (χ4v) is 15.5. The zero-order valence-corrected chi connectivity index (χ0v) is 26.7. The van der Waals surface area contributed by atoms with Gasteiger partial charge < -0.3 is 0 Å². The monoisotopic (exact) mass is 638 g/mol. The Balaban J connectivity index is 1.22. The van der Waals surface area contributed by atoms with E-state index in [1.54, 1.807) is 0 Å². The molecule has 11 rings (SSSR count). The minimum atomic E-state index is 0.271. The molecule has 0 atom stereocenters. The minimum absolute atomic E-state index is 0.271. The maximum atomic E-state index is 2.47. The first-order valence-corrected chi connectivity index (χ1v) is 18.9. The van der Waals surface area contributed by atoms with Gasteiger partial charge in [0.1, 0.15) is 0 Å². The SMILES string of the molecule is c1cc2c3c(c1)Sc1c(sc4ccccc14)B3c1ccc3c(c1S2)B1c2sc4ccccc4c2Sc2cccc(c21)S3. The molecular formula is C34H16B2S6. The molecule has 2 aromatic heterocycles. The third-order valence-electron chi connectivity index (χ3n) is 8.95. The van der Waals surface area contributed by atoms with Gasteiger partial charge in [0.25, 0.3) is 13.4 Å². The van der Waals surface area contributed by atoms with Crippen molar-refractivity contribution < 1.29 is 0 Å². The van der Waals surface area contributed by atoms with E-state index in [0.717, 1.165) is 0 Å². The van der Waals surface area contributed by atoms with E-state index < -0.39 is 0 Å². The fraction of sp³-hybridized carbons (Fsp3) is 0. The Bertz CT molecular complexity index is 2350. The molecule has 5 aromatic carbocycles. The van der Waals surface area contributed by atoms with Crippen LogP contribution >= 0.6 is 69.7 Å². The first-order valence-electron chi connectivity index (χ1n) is 14.0. The van der Waals surface area contributed by atoms with Crippen molar-refractivity contribution in [3.8, 4) is 0 Å². The van der Waals surface area contributed by atoms with E-state index in [9.17, 15) is 0 Å². The van der Waals surface area contributed by atoms with Crippen LogP contribution in [0.4, 0.5) is 0 Å². The van der Waals surface area contributed by atoms with Gasteiger partial charge >= 0.3 is 0 Å². The fourth-order valence-electron chi connectivity index (χ4n) is 7.23. The number of hydrogen-bond acceptors (Lipinski definition) is 6. The molecule has 7 aromatic rings. The topological polar surface area (TPSA) is 0 Å². The second-order valence-corrected chi connectivity index (χ2v) is 17.5. The summed E-state index contributed by atoms with van der Waals surface area (Å²) >= 11 is 12.0. The van der Waals surface area contributed by atoms with Crippen LogP contribution in [0, 0.1) is 0 Å². The highest BCUT2D eigenvalue weighted by Gasteiger charge is 2.46. The van der Waals surface area contributed by atoms with Crippen LogP contribution in [0.5, 0.6) is 0 Å². The van der Waals surface area contributed by atoms with Gasteiger partial charge in [0.05, 0.1) is 0 Å². The Hall–Kier alpha value is -2.45. The van der Waals surface area contributed by atoms with E-state index in [2.05, 4.69) is 97.1 Å². The van der Waals surface area contributed by atoms with Crippen molar-refractivity contribution in [1.29, 1.82) is 0 Å². The third kappa shape index (κ3) is 3.04. The third-order valence-corrected chi connectivity index (χ3v) is 16.5. The summed E-state index contributed by atoms with van der Waals surface area (Å²) in [6.45, 7) is 0.556. The second-order valence-electron chi connectivity index (χ2n) is 11.1. The van der Waals surface area contributed by atoms with Crippen LogP contribution < -0.4 is 31.4 Å². The van der Waals surface area contributed by atoms with Gasteiger partial charge in [0.15, 0.2) is 0 Å². The summed E-state index contributed by atoms with van der Waals surface area (Å²) < 4.78 is 5.85. The Kier molecular flexibility index (Phi) is 4.90. The van der Waals surface area contributed by atoms with E-state index in [1.807, 2.05) is 69.7 Å². The van der Waals surface area contributed by atoms with Crippen LogP contribution in [0.15, 0.2) is 136 Å². The molecule has 0 fully saturated rings. The molecule has 0 saturated heterocycles. The van der Waals surface area contributed by atoms with Crippen LogP contribution in [0.3, 0.4) is 0 Å². The molecule has 4 aliphatic heterocycles. The van der Waals surface area contributed by atoms with Crippen LogP contribution in [0.1, 0.15) is 0 Å². The van der Waals surface area contributed by atoms with E-state index in [0.29, 0.717) is 0 Å². The van der Waals surface area contributed by atoms with Gasteiger partial charge in [-0.05, 0) is 68.4 Å². The van der Waals surface area contributed by atoms with Crippen molar-refractivity contribution in [2.45, 2.75) is 39.2 Å². The Morgan fingerprint density at radius 1 is 0.381 bits per heavy atom. The lowest BCUT2D eigenvalue weighted by atomic mass is 9.35. The van der Waals surface area contributed by atoms with Crippen molar-refractivity contribution in [3.05, 3.63) is 97.1 Å². The molecule has 42 heavy (non-hydrogen) atoms. The number of benzene rings is 5. The molecule has 194 valence electrons. The summed E-state index contributed by atoms with van der Waals surface area (Å²) in [5.41, 5.74) is 6.07. The average molecular weight is 639 g/mol. The largest absolute Gasteiger partial charge is 0.261 e. The smallest absolute Gasteiger partial charge is 0.148 e. The average Bonchev–Trinajstić information content (AvgIpc) is 3.59. The van der Waals surface area contributed by atoms with Crippen molar-refractivity contribution in [1.82, 2.24) is 0 Å². The van der Waals surface area contributed by atoms with Crippen LogP contribution in [-0.4, -0.2) is 13.4 Å². The first-order chi connectivity index (χ1) is 20.8. The van der Waals surface area contributed by atoms with Crippen LogP contribution in [0.25, 0.3) is 20.2 Å². The number of fused-ring (bicyclic) bond motifs is 13. The van der Waals surface area contributed by atoms with Gasteiger partial charge in [-0.3, -0.25) is 0 Å². The molecule has 8 heteroatoms. The first kappa shape index (κ1) is 23.9. The summed E-state index contributed by atoms with van der Waals surface area (Å²) in [5, 5.41) is 2.81. The Morgan fingerprint density at radius 3 is 1.52 bits per heavy atom. The zero-order valence-electron chi connectivity index (χ0n) is 21.8. The molecule has 4 aliphatic rings. The van der Waals surface area contributed by atoms with Gasteiger partial charge in [-0.2, -0.15) is 0 Å². The lowest BCUT2D eigenvalue weighted by Gasteiger charge is -2.37. The predicted molar refractivity (Wildman–Crippen MR) is 189 cm³/mol. The van der Waals surface area contributed by atoms with E-state index in [-0.39, 0.29) is 13.4 Å². The molecule has 0 radical (unpaired) electrons. The van der Waals surface area contributed by atoms with E-state index >= 15 is 0 Å². The molecule has 0 amide bonds. The van der Waals surface area contributed by atoms with Gasteiger partial charge in [-0.1, -0.05) is 107 Å². The van der Waals surface area contributed by atoms with Crippen molar-refractivity contribution >= 4 is 135 Å². The molecule has 0 spiro atoms. The minimum Gasteiger partial charge on any atom is -0.148 e. The highest BCUT2D eigenvalue weighted by atomic mass is 32.2. The summed E-state index contributed by atoms with van der Waals surface area (Å²) in [7, 11) is 0. The summed E-state index contributed by atoms with van der Waals surface area (Å²) in [5.74, 6) is 0. The summed E-state index contributed by atoms with van der Waals surface area (Å²) in [6.07, 6.45) is 0. The van der Waals surface area contributed by atoms with E-state index in [4.69, 9.17) is 0 Å². The van der Waals surface area contributed by atoms with Gasteiger partial charge in [-0.25, -0.2) is 0 Å². The molecular weight excluding hydrogens is 622 g/mol. The van der Waals surface area contributed by atoms with Gasteiger partial charge in [0, 0.05) is 59.3 Å². The van der Waals surface area contributed by atoms with Gasteiger partial charge in [0.2, 0.25) is 0 Å². The summed E-state index contributed by atoms with van der Waals surface area (Å²) in [6, 6.07) is 36.9. The molecule has 6 heterocycles. The van der Waals surface area contributed by atoms with Crippen molar-refractivity contribution in [2.24, 2.45) is 0 Å². The number of thiophene rings is 2. The van der Waals surface area contributed by atoms with Crippen molar-refractivity contribution in [2.75, 3.05) is 0 Å². The number of rotatable bonds is 0. The second kappa shape index (κ2) is 8.59. The Morgan fingerprint density at radius 2 is 0.881 bits per heavy atom. The maximum Gasteiger partial charge on any atom is 0.261 e. The Labute approximate surface area is 268 Å². The lowest BCUT2D eigenvalue weighted by Crippen LogP contribution is -2.62. The predicted octanol–water partition coefficient (Wildman–Crippen LogP) is 7.01. The summed E-state index contributed by atoms with van der Waals surface area (Å²) in [4.78, 5) is 11.5. The lowest BCUT2D eigenvalue weighted by molar-refractivity contribution is 1.31. The molecule has 0 saturated carbocycles. The number of hydrogen-bond donors (Lipinski definition) is 0. The highest BCUT2D eigenvalue weighted by molar-refractivity contribution is 8.03. The molecule has 0 N–H and O–H groups in total. The molecule has 0 bridgehead atoms. The quantitative estimate of drug-likeness (QED) is 0.164. The molecule has 0 aliphatic carbocycles. The maximum absolute atomic E-state index is 2.47. The van der Waals surface area contributed by atoms with Crippen LogP contribution in [0.2, 0.25) is 0 Å². The standard InChI is InChI=1S/C34H16B2S6/c1-3-9-20-17(7-1)30-33(41-20)35-19-15-16-26-29(32(19)40-24-13-6-12-23(38-30)27(24)35)36-28-22(37-26)11-5-14-25(28)39-31-18-8-2-4-10-21(18)42-34(31)36/h1-16H. The molecule has 0 unspecified atom stereocenters.